The summed E-state index contributed by atoms with van der Waals surface area (Å²) in [6, 6.07) is 5.68. The standard InChI is InChI=1S/C25H38N4O3/c1-25(2,3)19-12-18-4-6-29(14-22(18)21(13-19)23-17-31-11-5-26-23)24(30)28-9-7-27(8-10-28)20-15-32-16-20/h12-13,20,23,26H,4-11,14-17H2,1-3H3/t23-/m0/s1. The maximum Gasteiger partial charge on any atom is 0.320 e. The summed E-state index contributed by atoms with van der Waals surface area (Å²) in [5.74, 6) is 0. The number of ether oxygens (including phenoxy) is 2. The lowest BCUT2D eigenvalue weighted by molar-refractivity contribution is -0.0747. The summed E-state index contributed by atoms with van der Waals surface area (Å²) in [4.78, 5) is 20.0. The van der Waals surface area contributed by atoms with Crippen molar-refractivity contribution >= 4 is 6.03 Å². The minimum atomic E-state index is 0.0947. The van der Waals surface area contributed by atoms with E-state index in [-0.39, 0.29) is 17.5 Å². The number of benzene rings is 1. The topological polar surface area (TPSA) is 57.3 Å². The van der Waals surface area contributed by atoms with Crippen molar-refractivity contribution in [2.24, 2.45) is 0 Å². The van der Waals surface area contributed by atoms with Gasteiger partial charge < -0.3 is 24.6 Å². The summed E-state index contributed by atoms with van der Waals surface area (Å²) in [5.41, 5.74) is 5.51. The molecule has 3 fully saturated rings. The highest BCUT2D eigenvalue weighted by atomic mass is 16.5. The summed E-state index contributed by atoms with van der Waals surface area (Å²) in [6.45, 7) is 15.9. The third-order valence-corrected chi connectivity index (χ3v) is 7.53. The van der Waals surface area contributed by atoms with Crippen LogP contribution in [0.5, 0.6) is 0 Å². The summed E-state index contributed by atoms with van der Waals surface area (Å²) >= 11 is 0. The molecule has 1 atom stereocenters. The molecule has 5 rings (SSSR count). The minimum absolute atomic E-state index is 0.0947. The van der Waals surface area contributed by atoms with Crippen LogP contribution < -0.4 is 5.32 Å². The molecule has 0 bridgehead atoms. The minimum Gasteiger partial charge on any atom is -0.378 e. The van der Waals surface area contributed by atoms with Gasteiger partial charge in [0.25, 0.3) is 0 Å². The second-order valence-corrected chi connectivity index (χ2v) is 10.7. The molecule has 1 aromatic carbocycles. The Labute approximate surface area is 192 Å². The zero-order valence-corrected chi connectivity index (χ0v) is 19.9. The molecule has 0 aromatic heterocycles. The van der Waals surface area contributed by atoms with Crippen molar-refractivity contribution in [3.05, 3.63) is 34.4 Å². The van der Waals surface area contributed by atoms with Crippen molar-refractivity contribution in [3.8, 4) is 0 Å². The van der Waals surface area contributed by atoms with Gasteiger partial charge in [-0.15, -0.1) is 0 Å². The van der Waals surface area contributed by atoms with Gasteiger partial charge in [-0.2, -0.15) is 0 Å². The van der Waals surface area contributed by atoms with Gasteiger partial charge in [-0.1, -0.05) is 32.9 Å². The van der Waals surface area contributed by atoms with E-state index in [4.69, 9.17) is 9.47 Å². The maximum absolute atomic E-state index is 13.4. The van der Waals surface area contributed by atoms with E-state index in [1.165, 1.54) is 22.3 Å². The van der Waals surface area contributed by atoms with Gasteiger partial charge in [-0.05, 0) is 34.1 Å². The summed E-state index contributed by atoms with van der Waals surface area (Å²) in [6.07, 6.45) is 0.922. The Morgan fingerprint density at radius 1 is 1.00 bits per heavy atom. The van der Waals surface area contributed by atoms with Crippen LogP contribution in [0.2, 0.25) is 0 Å². The van der Waals surface area contributed by atoms with Crippen molar-refractivity contribution in [2.45, 2.75) is 51.2 Å². The van der Waals surface area contributed by atoms with Crippen LogP contribution in [0.1, 0.15) is 49.1 Å². The Morgan fingerprint density at radius 2 is 1.78 bits per heavy atom. The molecule has 7 heteroatoms. The van der Waals surface area contributed by atoms with E-state index in [0.717, 1.165) is 65.5 Å². The monoisotopic (exact) mass is 442 g/mol. The van der Waals surface area contributed by atoms with Crippen molar-refractivity contribution in [2.75, 3.05) is 65.7 Å². The highest BCUT2D eigenvalue weighted by Crippen LogP contribution is 2.34. The SMILES string of the molecule is CC(C)(C)c1cc2c(c([C@@H]3COCCN3)c1)CN(C(=O)N1CCN(C3COC3)CC1)CC2. The average molecular weight is 443 g/mol. The number of morpholine rings is 1. The number of nitrogens with one attached hydrogen (secondary N) is 1. The smallest absolute Gasteiger partial charge is 0.320 e. The molecule has 3 saturated heterocycles. The van der Waals surface area contributed by atoms with Crippen LogP contribution in [0.15, 0.2) is 12.1 Å². The molecular weight excluding hydrogens is 404 g/mol. The third kappa shape index (κ3) is 4.40. The number of fused-ring (bicyclic) bond motifs is 1. The van der Waals surface area contributed by atoms with Gasteiger partial charge in [0.1, 0.15) is 0 Å². The number of piperazine rings is 1. The predicted octanol–water partition coefficient (Wildman–Crippen LogP) is 2.14. The number of rotatable bonds is 2. The Morgan fingerprint density at radius 3 is 2.41 bits per heavy atom. The number of hydrogen-bond donors (Lipinski definition) is 1. The largest absolute Gasteiger partial charge is 0.378 e. The van der Waals surface area contributed by atoms with E-state index >= 15 is 0 Å². The molecular formula is C25H38N4O3. The molecule has 0 radical (unpaired) electrons. The Bertz CT molecular complexity index is 834. The molecule has 7 nitrogen and oxygen atoms in total. The Kier molecular flexibility index (Phi) is 6.18. The number of amides is 2. The molecule has 4 aliphatic rings. The first-order valence-electron chi connectivity index (χ1n) is 12.2. The van der Waals surface area contributed by atoms with Crippen LogP contribution in [0.25, 0.3) is 0 Å². The molecule has 0 spiro atoms. The first-order valence-corrected chi connectivity index (χ1v) is 12.2. The van der Waals surface area contributed by atoms with Gasteiger partial charge in [-0.3, -0.25) is 4.90 Å². The Balaban J connectivity index is 1.33. The molecule has 176 valence electrons. The fourth-order valence-electron chi connectivity index (χ4n) is 5.28. The molecule has 0 aliphatic carbocycles. The van der Waals surface area contributed by atoms with Crippen LogP contribution in [-0.2, 0) is 27.9 Å². The number of carbonyl (C=O) groups is 1. The molecule has 4 aliphatic heterocycles. The van der Waals surface area contributed by atoms with Gasteiger partial charge in [0.2, 0.25) is 0 Å². The van der Waals surface area contributed by atoms with Crippen molar-refractivity contribution in [1.82, 2.24) is 20.0 Å². The first-order chi connectivity index (χ1) is 15.4. The number of carbonyl (C=O) groups excluding carboxylic acids is 1. The van der Waals surface area contributed by atoms with Crippen LogP contribution in [0.4, 0.5) is 4.79 Å². The van der Waals surface area contributed by atoms with Crippen LogP contribution in [0.3, 0.4) is 0 Å². The fraction of sp³-hybridized carbons (Fsp3) is 0.720. The van der Waals surface area contributed by atoms with Crippen LogP contribution in [0, 0.1) is 0 Å². The van der Waals surface area contributed by atoms with Gasteiger partial charge >= 0.3 is 6.03 Å². The van der Waals surface area contributed by atoms with E-state index in [1.807, 2.05) is 4.90 Å². The van der Waals surface area contributed by atoms with E-state index < -0.39 is 0 Å². The molecule has 4 heterocycles. The lowest BCUT2D eigenvalue weighted by atomic mass is 9.80. The molecule has 0 unspecified atom stereocenters. The first kappa shape index (κ1) is 22.1. The van der Waals surface area contributed by atoms with Crippen molar-refractivity contribution in [3.63, 3.8) is 0 Å². The number of urea groups is 1. The molecule has 1 aromatic rings. The van der Waals surface area contributed by atoms with Crippen LogP contribution >= 0.6 is 0 Å². The number of hydrogen-bond acceptors (Lipinski definition) is 5. The summed E-state index contributed by atoms with van der Waals surface area (Å²) in [7, 11) is 0. The molecule has 1 N–H and O–H groups in total. The van der Waals surface area contributed by atoms with E-state index in [2.05, 4.69) is 48.0 Å². The van der Waals surface area contributed by atoms with E-state index in [0.29, 0.717) is 19.2 Å². The maximum atomic E-state index is 13.4. The molecule has 0 saturated carbocycles. The van der Waals surface area contributed by atoms with Crippen molar-refractivity contribution in [1.29, 1.82) is 0 Å². The highest BCUT2D eigenvalue weighted by molar-refractivity contribution is 5.75. The quantitative estimate of drug-likeness (QED) is 0.761. The zero-order valence-electron chi connectivity index (χ0n) is 19.9. The number of nitrogens with zero attached hydrogens (tertiary/aromatic N) is 3. The fourth-order valence-corrected chi connectivity index (χ4v) is 5.28. The Hall–Kier alpha value is -1.67. The van der Waals surface area contributed by atoms with E-state index in [9.17, 15) is 4.79 Å². The average Bonchev–Trinajstić information content (AvgIpc) is 2.77. The normalized spacial score (nSPS) is 25.4. The second kappa shape index (κ2) is 8.93. The third-order valence-electron chi connectivity index (χ3n) is 7.53. The van der Waals surface area contributed by atoms with Gasteiger partial charge in [0.15, 0.2) is 0 Å². The predicted molar refractivity (Wildman–Crippen MR) is 124 cm³/mol. The second-order valence-electron chi connectivity index (χ2n) is 10.7. The lowest BCUT2D eigenvalue weighted by Crippen LogP contribution is -2.59. The van der Waals surface area contributed by atoms with Gasteiger partial charge in [0, 0.05) is 45.8 Å². The summed E-state index contributed by atoms with van der Waals surface area (Å²) < 4.78 is 11.1. The van der Waals surface area contributed by atoms with Crippen molar-refractivity contribution < 1.29 is 14.3 Å². The molecule has 32 heavy (non-hydrogen) atoms. The van der Waals surface area contributed by atoms with Crippen LogP contribution in [-0.4, -0.2) is 92.5 Å². The molecule has 2 amide bonds. The van der Waals surface area contributed by atoms with E-state index in [1.54, 1.807) is 0 Å². The summed E-state index contributed by atoms with van der Waals surface area (Å²) in [5, 5.41) is 3.64. The van der Waals surface area contributed by atoms with Gasteiger partial charge in [0.05, 0.1) is 38.5 Å². The van der Waals surface area contributed by atoms with Gasteiger partial charge in [-0.25, -0.2) is 4.79 Å². The lowest BCUT2D eigenvalue weighted by Gasteiger charge is -2.44. The highest BCUT2D eigenvalue weighted by Gasteiger charge is 2.34. The zero-order chi connectivity index (χ0) is 22.3.